The largest absolute Gasteiger partial charge is 0.320 e. The molecule has 0 aliphatic carbocycles. The predicted molar refractivity (Wildman–Crippen MR) is 74.7 cm³/mol. The third kappa shape index (κ3) is 1.87. The Labute approximate surface area is 111 Å². The van der Waals surface area contributed by atoms with Gasteiger partial charge in [-0.15, -0.1) is 0 Å². The molecule has 2 aromatic rings. The van der Waals surface area contributed by atoms with Crippen LogP contribution in [0, 0.1) is 0 Å². The Morgan fingerprint density at radius 3 is 2.74 bits per heavy atom. The molecular weight excluding hydrogens is 240 g/mol. The maximum absolute atomic E-state index is 11.9. The van der Waals surface area contributed by atoms with Gasteiger partial charge in [-0.3, -0.25) is 9.48 Å². The van der Waals surface area contributed by atoms with E-state index in [9.17, 15) is 4.79 Å². The van der Waals surface area contributed by atoms with Crippen molar-refractivity contribution in [2.45, 2.75) is 13.3 Å². The number of aromatic nitrogens is 2. The van der Waals surface area contributed by atoms with Crippen LogP contribution in [0.5, 0.6) is 0 Å². The van der Waals surface area contributed by atoms with E-state index in [4.69, 9.17) is 0 Å². The van der Waals surface area contributed by atoms with Gasteiger partial charge in [-0.25, -0.2) is 0 Å². The molecule has 5 heteroatoms. The van der Waals surface area contributed by atoms with Crippen LogP contribution in [0.3, 0.4) is 0 Å². The van der Waals surface area contributed by atoms with Gasteiger partial charge in [0.1, 0.15) is 12.2 Å². The first-order chi connectivity index (χ1) is 9.20. The van der Waals surface area contributed by atoms with Gasteiger partial charge in [0.05, 0.1) is 5.69 Å². The number of amides is 1. The lowest BCUT2D eigenvalue weighted by atomic mass is 10.2. The molecule has 3 rings (SSSR count). The van der Waals surface area contributed by atoms with Crippen molar-refractivity contribution in [1.82, 2.24) is 9.78 Å². The van der Waals surface area contributed by atoms with Crippen molar-refractivity contribution in [3.63, 3.8) is 0 Å². The monoisotopic (exact) mass is 256 g/mol. The van der Waals surface area contributed by atoms with E-state index in [0.29, 0.717) is 6.54 Å². The number of para-hydroxylation sites is 1. The normalized spacial score (nSPS) is 14.2. The van der Waals surface area contributed by atoms with Crippen LogP contribution in [0.25, 0.3) is 0 Å². The second-order valence-corrected chi connectivity index (χ2v) is 4.59. The Balaban J connectivity index is 2.15. The first-order valence-corrected chi connectivity index (χ1v) is 6.39. The second kappa shape index (κ2) is 4.42. The van der Waals surface area contributed by atoms with Crippen LogP contribution in [0.2, 0.25) is 0 Å². The Hall–Kier alpha value is -2.30. The zero-order valence-corrected chi connectivity index (χ0v) is 11.1. The molecule has 19 heavy (non-hydrogen) atoms. The zero-order chi connectivity index (χ0) is 13.4. The molecule has 1 aromatic heterocycles. The molecule has 1 aromatic carbocycles. The van der Waals surface area contributed by atoms with E-state index in [1.807, 2.05) is 53.9 Å². The number of benzene rings is 1. The molecule has 1 aliphatic rings. The van der Waals surface area contributed by atoms with Crippen molar-refractivity contribution in [3.8, 4) is 0 Å². The zero-order valence-electron chi connectivity index (χ0n) is 11.1. The topological polar surface area (TPSA) is 50.2 Å². The van der Waals surface area contributed by atoms with Crippen LogP contribution in [0.1, 0.15) is 12.6 Å². The maximum atomic E-state index is 11.9. The standard InChI is InChI=1S/C14H16N4O/c1-3-11-13-14(17(2)16-11)18(9-12(19)15-13)10-7-5-4-6-8-10/h4-8H,3,9H2,1-2H3,(H,15,19). The third-order valence-corrected chi connectivity index (χ3v) is 3.31. The van der Waals surface area contributed by atoms with Crippen LogP contribution < -0.4 is 10.2 Å². The van der Waals surface area contributed by atoms with Gasteiger partial charge in [-0.05, 0) is 18.6 Å². The number of nitrogens with zero attached hydrogens (tertiary/aromatic N) is 3. The van der Waals surface area contributed by atoms with E-state index in [-0.39, 0.29) is 5.91 Å². The number of nitrogens with one attached hydrogen (secondary N) is 1. The molecule has 2 heterocycles. The van der Waals surface area contributed by atoms with Crippen molar-refractivity contribution in [2.24, 2.45) is 7.05 Å². The van der Waals surface area contributed by atoms with E-state index >= 15 is 0 Å². The smallest absolute Gasteiger partial charge is 0.244 e. The lowest BCUT2D eigenvalue weighted by Gasteiger charge is -2.29. The SMILES string of the molecule is CCc1nn(C)c2c1NC(=O)CN2c1ccccc1. The van der Waals surface area contributed by atoms with E-state index in [1.54, 1.807) is 0 Å². The number of fused-ring (bicyclic) bond motifs is 1. The first-order valence-electron chi connectivity index (χ1n) is 6.39. The molecule has 0 saturated carbocycles. The Morgan fingerprint density at radius 1 is 1.32 bits per heavy atom. The average Bonchev–Trinajstić information content (AvgIpc) is 2.75. The van der Waals surface area contributed by atoms with Gasteiger partial charge < -0.3 is 10.2 Å². The van der Waals surface area contributed by atoms with Crippen molar-refractivity contribution < 1.29 is 4.79 Å². The predicted octanol–water partition coefficient (Wildman–Crippen LogP) is 2.07. The maximum Gasteiger partial charge on any atom is 0.244 e. The molecule has 5 nitrogen and oxygen atoms in total. The number of carbonyl (C=O) groups is 1. The van der Waals surface area contributed by atoms with Crippen molar-refractivity contribution in [1.29, 1.82) is 0 Å². The fourth-order valence-electron chi connectivity index (χ4n) is 2.47. The fourth-order valence-corrected chi connectivity index (χ4v) is 2.47. The minimum absolute atomic E-state index is 0.000877. The molecule has 0 bridgehead atoms. The number of hydrogen-bond donors (Lipinski definition) is 1. The summed E-state index contributed by atoms with van der Waals surface area (Å²) in [5.74, 6) is 0.946. The summed E-state index contributed by atoms with van der Waals surface area (Å²) >= 11 is 0. The van der Waals surface area contributed by atoms with E-state index < -0.39 is 0 Å². The van der Waals surface area contributed by atoms with Crippen molar-refractivity contribution >= 4 is 23.1 Å². The molecule has 1 amide bonds. The molecule has 1 N–H and O–H groups in total. The van der Waals surface area contributed by atoms with Crippen molar-refractivity contribution in [2.75, 3.05) is 16.8 Å². The molecule has 0 radical (unpaired) electrons. The Bertz CT molecular complexity index is 618. The van der Waals surface area contributed by atoms with Gasteiger partial charge in [-0.2, -0.15) is 5.10 Å². The van der Waals surface area contributed by atoms with Crippen molar-refractivity contribution in [3.05, 3.63) is 36.0 Å². The molecule has 1 aliphatic heterocycles. The highest BCUT2D eigenvalue weighted by molar-refractivity contribution is 6.03. The second-order valence-electron chi connectivity index (χ2n) is 4.59. The van der Waals surface area contributed by atoms with E-state index in [0.717, 1.165) is 29.3 Å². The lowest BCUT2D eigenvalue weighted by Crippen LogP contribution is -2.36. The summed E-state index contributed by atoms with van der Waals surface area (Å²) < 4.78 is 1.83. The highest BCUT2D eigenvalue weighted by Gasteiger charge is 2.29. The Morgan fingerprint density at radius 2 is 2.05 bits per heavy atom. The summed E-state index contributed by atoms with van der Waals surface area (Å²) in [6, 6.07) is 9.91. The minimum Gasteiger partial charge on any atom is -0.320 e. The summed E-state index contributed by atoms with van der Waals surface area (Å²) in [4.78, 5) is 13.9. The molecule has 0 spiro atoms. The molecule has 98 valence electrons. The van der Waals surface area contributed by atoms with Gasteiger partial charge in [-0.1, -0.05) is 25.1 Å². The highest BCUT2D eigenvalue weighted by atomic mass is 16.2. The van der Waals surface area contributed by atoms with Gasteiger partial charge in [0.15, 0.2) is 5.82 Å². The van der Waals surface area contributed by atoms with Crippen LogP contribution in [-0.4, -0.2) is 22.2 Å². The molecule has 0 unspecified atom stereocenters. The summed E-state index contributed by atoms with van der Waals surface area (Å²) in [6.45, 7) is 2.36. The molecule has 0 saturated heterocycles. The van der Waals surface area contributed by atoms with Crippen LogP contribution in [-0.2, 0) is 18.3 Å². The number of aryl methyl sites for hydroxylation is 2. The van der Waals surface area contributed by atoms with Gasteiger partial charge in [0.2, 0.25) is 5.91 Å². The highest BCUT2D eigenvalue weighted by Crippen LogP contribution is 2.36. The molecular formula is C14H16N4O. The van der Waals surface area contributed by atoms with Crippen LogP contribution >= 0.6 is 0 Å². The summed E-state index contributed by atoms with van der Waals surface area (Å²) in [6.07, 6.45) is 0.798. The van der Waals surface area contributed by atoms with E-state index in [1.165, 1.54) is 0 Å². The third-order valence-electron chi connectivity index (χ3n) is 3.31. The first kappa shape index (κ1) is 11.8. The van der Waals surface area contributed by atoms with Crippen LogP contribution in [0.4, 0.5) is 17.2 Å². The summed E-state index contributed by atoms with van der Waals surface area (Å²) in [5, 5.41) is 7.42. The number of carbonyl (C=O) groups excluding carboxylic acids is 1. The van der Waals surface area contributed by atoms with Crippen LogP contribution in [0.15, 0.2) is 30.3 Å². The fraction of sp³-hybridized carbons (Fsp3) is 0.286. The molecule has 0 atom stereocenters. The number of hydrogen-bond acceptors (Lipinski definition) is 3. The molecule has 0 fully saturated rings. The summed E-state index contributed by atoms with van der Waals surface area (Å²) in [7, 11) is 1.91. The van der Waals surface area contributed by atoms with Gasteiger partial charge in [0.25, 0.3) is 0 Å². The average molecular weight is 256 g/mol. The summed E-state index contributed by atoms with van der Waals surface area (Å²) in [5.41, 5.74) is 2.76. The van der Waals surface area contributed by atoms with Gasteiger partial charge in [0, 0.05) is 12.7 Å². The van der Waals surface area contributed by atoms with Gasteiger partial charge >= 0.3 is 0 Å². The Kier molecular flexibility index (Phi) is 2.74. The van der Waals surface area contributed by atoms with E-state index in [2.05, 4.69) is 10.4 Å². The minimum atomic E-state index is -0.000877. The quantitative estimate of drug-likeness (QED) is 0.895. The number of anilines is 3. The number of rotatable bonds is 2. The lowest BCUT2D eigenvalue weighted by molar-refractivity contribution is -0.115.